The molecule has 2 rings (SSSR count). The van der Waals surface area contributed by atoms with E-state index in [0.717, 1.165) is 17.2 Å². The lowest BCUT2D eigenvalue weighted by molar-refractivity contribution is -0.115. The first-order valence-corrected chi connectivity index (χ1v) is 7.08. The third kappa shape index (κ3) is 3.92. The molecule has 0 bridgehead atoms. The smallest absolute Gasteiger partial charge is 0.251 e. The first kappa shape index (κ1) is 17.5. The molecule has 0 fully saturated rings. The third-order valence-electron chi connectivity index (χ3n) is 3.49. The first-order valence-electron chi connectivity index (χ1n) is 7.08. The van der Waals surface area contributed by atoms with Crippen molar-refractivity contribution in [1.29, 1.82) is 0 Å². The van der Waals surface area contributed by atoms with Crippen molar-refractivity contribution >= 4 is 17.5 Å². The van der Waals surface area contributed by atoms with E-state index in [1.165, 1.54) is 0 Å². The summed E-state index contributed by atoms with van der Waals surface area (Å²) in [5, 5.41) is 4.44. The Kier molecular flexibility index (Phi) is 5.23. The van der Waals surface area contributed by atoms with Crippen LogP contribution < -0.4 is 10.6 Å². The lowest BCUT2D eigenvalue weighted by Crippen LogP contribution is -2.33. The molecule has 4 nitrogen and oxygen atoms in total. The maximum Gasteiger partial charge on any atom is 0.251 e. The summed E-state index contributed by atoms with van der Waals surface area (Å²) < 4.78 is 39.3. The number of benzene rings is 2. The maximum absolute atomic E-state index is 13.5. The molecule has 0 aliphatic carbocycles. The normalized spacial score (nSPS) is 10.4. The minimum absolute atomic E-state index is 0.380. The Balaban J connectivity index is 1.97. The maximum atomic E-state index is 13.5. The molecule has 2 aromatic carbocycles. The zero-order chi connectivity index (χ0) is 17.9. The molecule has 0 aliphatic rings. The Morgan fingerprint density at radius 2 is 1.67 bits per heavy atom. The summed E-state index contributed by atoms with van der Waals surface area (Å²) >= 11 is 0. The molecule has 0 saturated carbocycles. The van der Waals surface area contributed by atoms with Crippen LogP contribution in [-0.4, -0.2) is 18.4 Å². The fraction of sp³-hybridized carbons (Fsp3) is 0.176. The first-order chi connectivity index (χ1) is 11.3. The van der Waals surface area contributed by atoms with Crippen LogP contribution in [0.5, 0.6) is 0 Å². The van der Waals surface area contributed by atoms with E-state index in [-0.39, 0.29) is 0 Å². The molecular formula is C17H15F3N2O2. The largest absolute Gasteiger partial charge is 0.343 e. The van der Waals surface area contributed by atoms with Crippen molar-refractivity contribution in [3.05, 3.63) is 64.5 Å². The second kappa shape index (κ2) is 7.16. The van der Waals surface area contributed by atoms with Gasteiger partial charge in [-0.1, -0.05) is 6.07 Å². The number of rotatable bonds is 4. The highest BCUT2D eigenvalue weighted by Gasteiger charge is 2.15. The summed E-state index contributed by atoms with van der Waals surface area (Å²) in [6.07, 6.45) is 0. The minimum Gasteiger partial charge on any atom is -0.343 e. The summed E-state index contributed by atoms with van der Waals surface area (Å²) in [5.74, 6) is -5.76. The topological polar surface area (TPSA) is 58.2 Å². The van der Waals surface area contributed by atoms with Gasteiger partial charge in [0.2, 0.25) is 5.91 Å². The van der Waals surface area contributed by atoms with E-state index in [1.54, 1.807) is 18.2 Å². The van der Waals surface area contributed by atoms with Crippen molar-refractivity contribution in [2.45, 2.75) is 13.8 Å². The van der Waals surface area contributed by atoms with Gasteiger partial charge in [0.15, 0.2) is 17.5 Å². The van der Waals surface area contributed by atoms with E-state index in [2.05, 4.69) is 10.6 Å². The van der Waals surface area contributed by atoms with Crippen LogP contribution in [0.2, 0.25) is 0 Å². The molecule has 126 valence electrons. The van der Waals surface area contributed by atoms with E-state index in [1.807, 2.05) is 13.8 Å². The summed E-state index contributed by atoms with van der Waals surface area (Å²) in [6.45, 7) is 3.32. The van der Waals surface area contributed by atoms with Gasteiger partial charge in [-0.15, -0.1) is 0 Å². The van der Waals surface area contributed by atoms with E-state index >= 15 is 0 Å². The van der Waals surface area contributed by atoms with Crippen molar-refractivity contribution in [3.8, 4) is 0 Å². The molecule has 0 heterocycles. The molecule has 0 saturated heterocycles. The van der Waals surface area contributed by atoms with Crippen LogP contribution in [0, 0.1) is 31.3 Å². The van der Waals surface area contributed by atoms with Crippen LogP contribution in [0.25, 0.3) is 0 Å². The summed E-state index contributed by atoms with van der Waals surface area (Å²) in [6, 6.07) is 6.67. The number of aryl methyl sites for hydroxylation is 2. The van der Waals surface area contributed by atoms with Gasteiger partial charge in [0, 0.05) is 5.56 Å². The van der Waals surface area contributed by atoms with Crippen LogP contribution in [0.15, 0.2) is 30.3 Å². The predicted molar refractivity (Wildman–Crippen MR) is 83.2 cm³/mol. The summed E-state index contributed by atoms with van der Waals surface area (Å²) in [5.41, 5.74) is 1.83. The zero-order valence-corrected chi connectivity index (χ0v) is 13.0. The Labute approximate surface area is 136 Å². The minimum atomic E-state index is -1.67. The van der Waals surface area contributed by atoms with Gasteiger partial charge in [0.25, 0.3) is 5.91 Å². The second-order valence-electron chi connectivity index (χ2n) is 5.25. The van der Waals surface area contributed by atoms with Gasteiger partial charge >= 0.3 is 0 Å². The highest BCUT2D eigenvalue weighted by atomic mass is 19.2. The molecule has 2 N–H and O–H groups in total. The molecule has 7 heteroatoms. The average Bonchev–Trinajstić information content (AvgIpc) is 2.55. The van der Waals surface area contributed by atoms with E-state index in [0.29, 0.717) is 11.6 Å². The Bertz CT molecular complexity index is 807. The van der Waals surface area contributed by atoms with E-state index in [4.69, 9.17) is 0 Å². The van der Waals surface area contributed by atoms with Gasteiger partial charge < -0.3 is 10.6 Å². The molecule has 0 radical (unpaired) electrons. The Hall–Kier alpha value is -2.83. The zero-order valence-electron chi connectivity index (χ0n) is 13.0. The molecule has 0 spiro atoms. The van der Waals surface area contributed by atoms with Crippen molar-refractivity contribution in [2.75, 3.05) is 11.9 Å². The number of carbonyl (C=O) groups is 2. The molecule has 2 aromatic rings. The number of halogens is 3. The van der Waals surface area contributed by atoms with Crippen LogP contribution in [0.3, 0.4) is 0 Å². The second-order valence-corrected chi connectivity index (χ2v) is 5.25. The lowest BCUT2D eigenvalue weighted by Gasteiger charge is -2.09. The SMILES string of the molecule is Cc1ccc(C(=O)NCC(=O)Nc2ccc(F)c(F)c2F)cc1C. The Morgan fingerprint density at radius 3 is 2.33 bits per heavy atom. The fourth-order valence-corrected chi connectivity index (χ4v) is 1.96. The number of amides is 2. The van der Waals surface area contributed by atoms with Crippen molar-refractivity contribution in [3.63, 3.8) is 0 Å². The predicted octanol–water partition coefficient (Wildman–Crippen LogP) is 3.09. The monoisotopic (exact) mass is 336 g/mol. The molecule has 0 unspecified atom stereocenters. The molecule has 24 heavy (non-hydrogen) atoms. The number of hydrogen-bond acceptors (Lipinski definition) is 2. The van der Waals surface area contributed by atoms with Crippen LogP contribution in [-0.2, 0) is 4.79 Å². The van der Waals surface area contributed by atoms with Gasteiger partial charge in [-0.25, -0.2) is 13.2 Å². The summed E-state index contributed by atoms with van der Waals surface area (Å²) in [7, 11) is 0. The van der Waals surface area contributed by atoms with Crippen molar-refractivity contribution in [2.24, 2.45) is 0 Å². The van der Waals surface area contributed by atoms with Crippen LogP contribution in [0.4, 0.5) is 18.9 Å². The number of nitrogens with one attached hydrogen (secondary N) is 2. The summed E-state index contributed by atoms with van der Waals surface area (Å²) in [4.78, 5) is 23.7. The molecule has 0 aromatic heterocycles. The Morgan fingerprint density at radius 1 is 0.958 bits per heavy atom. The molecule has 0 aliphatic heterocycles. The lowest BCUT2D eigenvalue weighted by atomic mass is 10.1. The van der Waals surface area contributed by atoms with Crippen LogP contribution in [0.1, 0.15) is 21.5 Å². The van der Waals surface area contributed by atoms with Gasteiger partial charge in [-0.3, -0.25) is 9.59 Å². The number of carbonyl (C=O) groups excluding carboxylic acids is 2. The number of hydrogen-bond donors (Lipinski definition) is 2. The number of anilines is 1. The highest BCUT2D eigenvalue weighted by molar-refractivity contribution is 5.99. The highest BCUT2D eigenvalue weighted by Crippen LogP contribution is 2.19. The van der Waals surface area contributed by atoms with E-state index in [9.17, 15) is 22.8 Å². The van der Waals surface area contributed by atoms with Gasteiger partial charge in [0.1, 0.15) is 0 Å². The molecule has 2 amide bonds. The van der Waals surface area contributed by atoms with Gasteiger partial charge in [-0.2, -0.15) is 0 Å². The van der Waals surface area contributed by atoms with Gasteiger partial charge in [-0.05, 0) is 49.2 Å². The third-order valence-corrected chi connectivity index (χ3v) is 3.49. The van der Waals surface area contributed by atoms with Gasteiger partial charge in [0.05, 0.1) is 12.2 Å². The fourth-order valence-electron chi connectivity index (χ4n) is 1.96. The van der Waals surface area contributed by atoms with Crippen LogP contribution >= 0.6 is 0 Å². The quantitative estimate of drug-likeness (QED) is 0.843. The standard InChI is InChI=1S/C17H15F3N2O2/c1-9-3-4-11(7-10(9)2)17(24)21-8-14(23)22-13-6-5-12(18)15(19)16(13)20/h3-7H,8H2,1-2H3,(H,21,24)(H,22,23). The molecule has 0 atom stereocenters. The van der Waals surface area contributed by atoms with E-state index < -0.39 is 41.5 Å². The van der Waals surface area contributed by atoms with Crippen molar-refractivity contribution in [1.82, 2.24) is 5.32 Å². The average molecular weight is 336 g/mol. The molecular weight excluding hydrogens is 321 g/mol. The van der Waals surface area contributed by atoms with Crippen molar-refractivity contribution < 1.29 is 22.8 Å².